The Labute approximate surface area is 122 Å². The van der Waals surface area contributed by atoms with Crippen molar-refractivity contribution in [1.29, 1.82) is 0 Å². The summed E-state index contributed by atoms with van der Waals surface area (Å²) in [6.45, 7) is 3.31. The van der Waals surface area contributed by atoms with E-state index in [2.05, 4.69) is 6.92 Å². The summed E-state index contributed by atoms with van der Waals surface area (Å²) >= 11 is 0. The van der Waals surface area contributed by atoms with E-state index in [1.165, 1.54) is 12.8 Å². The van der Waals surface area contributed by atoms with Gasteiger partial charge in [-0.05, 0) is 44.4 Å². The second-order valence-corrected chi connectivity index (χ2v) is 6.54. The zero-order valence-corrected chi connectivity index (χ0v) is 12.9. The molecule has 0 aromatic heterocycles. The van der Waals surface area contributed by atoms with Gasteiger partial charge < -0.3 is 9.80 Å². The molecule has 2 rings (SSSR count). The highest BCUT2D eigenvalue weighted by Gasteiger charge is 2.27. The van der Waals surface area contributed by atoms with Crippen LogP contribution in [0.2, 0.25) is 0 Å². The van der Waals surface area contributed by atoms with Crippen LogP contribution in [0.3, 0.4) is 0 Å². The Morgan fingerprint density at radius 3 is 2.60 bits per heavy atom. The molecule has 2 aliphatic rings. The lowest BCUT2D eigenvalue weighted by molar-refractivity contribution is -0.141. The summed E-state index contributed by atoms with van der Waals surface area (Å²) in [7, 11) is 1.91. The molecule has 1 aliphatic carbocycles. The summed E-state index contributed by atoms with van der Waals surface area (Å²) in [5.74, 6) is 1.06. The second-order valence-electron chi connectivity index (χ2n) is 6.54. The largest absolute Gasteiger partial charge is 0.341 e. The third-order valence-electron chi connectivity index (χ3n) is 4.92. The second kappa shape index (κ2) is 7.09. The Morgan fingerprint density at radius 1 is 1.20 bits per heavy atom. The van der Waals surface area contributed by atoms with Gasteiger partial charge in [0, 0.05) is 26.1 Å². The van der Waals surface area contributed by atoms with Crippen molar-refractivity contribution in [1.82, 2.24) is 9.80 Å². The predicted molar refractivity (Wildman–Crippen MR) is 79.2 cm³/mol. The first-order valence-corrected chi connectivity index (χ1v) is 8.11. The lowest BCUT2D eigenvalue weighted by Gasteiger charge is -2.34. The lowest BCUT2D eigenvalue weighted by atomic mass is 9.87. The minimum atomic E-state index is 0.111. The van der Waals surface area contributed by atoms with Gasteiger partial charge in [0.2, 0.25) is 11.8 Å². The summed E-state index contributed by atoms with van der Waals surface area (Å²) in [6, 6.07) is 0.376. The van der Waals surface area contributed by atoms with Crippen LogP contribution < -0.4 is 0 Å². The van der Waals surface area contributed by atoms with Crippen molar-refractivity contribution in [3.05, 3.63) is 0 Å². The van der Waals surface area contributed by atoms with Crippen molar-refractivity contribution in [2.45, 2.75) is 64.3 Å². The van der Waals surface area contributed by atoms with E-state index in [1.807, 2.05) is 11.9 Å². The molecule has 4 heteroatoms. The minimum absolute atomic E-state index is 0.111. The zero-order valence-electron chi connectivity index (χ0n) is 12.9. The van der Waals surface area contributed by atoms with Crippen molar-refractivity contribution >= 4 is 11.8 Å². The molecule has 0 aromatic rings. The van der Waals surface area contributed by atoms with Gasteiger partial charge in [-0.25, -0.2) is 0 Å². The lowest BCUT2D eigenvalue weighted by Crippen LogP contribution is -2.46. The van der Waals surface area contributed by atoms with Crippen LogP contribution in [0.4, 0.5) is 0 Å². The van der Waals surface area contributed by atoms with Crippen LogP contribution in [-0.4, -0.2) is 47.8 Å². The number of carbonyl (C=O) groups excluding carboxylic acids is 2. The number of carbonyl (C=O) groups is 2. The van der Waals surface area contributed by atoms with E-state index in [1.54, 1.807) is 4.90 Å². The van der Waals surface area contributed by atoms with Crippen molar-refractivity contribution < 1.29 is 9.59 Å². The van der Waals surface area contributed by atoms with Crippen molar-refractivity contribution in [2.24, 2.45) is 5.92 Å². The van der Waals surface area contributed by atoms with Crippen molar-refractivity contribution in [2.75, 3.05) is 20.1 Å². The Morgan fingerprint density at radius 2 is 1.90 bits per heavy atom. The highest BCUT2D eigenvalue weighted by atomic mass is 16.2. The maximum atomic E-state index is 12.4. The van der Waals surface area contributed by atoms with Crippen LogP contribution in [0, 0.1) is 5.92 Å². The number of hydrogen-bond donors (Lipinski definition) is 0. The molecule has 20 heavy (non-hydrogen) atoms. The summed E-state index contributed by atoms with van der Waals surface area (Å²) in [4.78, 5) is 28.0. The average molecular weight is 280 g/mol. The van der Waals surface area contributed by atoms with Gasteiger partial charge in [0.05, 0.1) is 6.54 Å². The number of likely N-dealkylation sites (N-methyl/N-ethyl adjacent to an activating group) is 1. The number of rotatable bonds is 3. The standard InChI is InChI=1S/C16H28N2O2/c1-13-7-9-14(10-8-13)17(2)16(20)12-18-11-5-3-4-6-15(18)19/h13-14H,3-12H2,1-2H3. The highest BCUT2D eigenvalue weighted by molar-refractivity contribution is 5.85. The monoisotopic (exact) mass is 280 g/mol. The first-order chi connectivity index (χ1) is 9.58. The van der Waals surface area contributed by atoms with Gasteiger partial charge in [-0.2, -0.15) is 0 Å². The van der Waals surface area contributed by atoms with Crippen molar-refractivity contribution in [3.8, 4) is 0 Å². The predicted octanol–water partition coefficient (Wildman–Crippen LogP) is 2.43. The number of hydrogen-bond acceptors (Lipinski definition) is 2. The van der Waals surface area contributed by atoms with E-state index < -0.39 is 0 Å². The molecule has 0 atom stereocenters. The van der Waals surface area contributed by atoms with E-state index in [-0.39, 0.29) is 18.4 Å². The molecule has 0 spiro atoms. The Balaban J connectivity index is 1.85. The molecular formula is C16H28N2O2. The molecule has 1 aliphatic heterocycles. The normalized spacial score (nSPS) is 28.1. The van der Waals surface area contributed by atoms with E-state index >= 15 is 0 Å². The summed E-state index contributed by atoms with van der Waals surface area (Å²) in [5.41, 5.74) is 0. The molecular weight excluding hydrogens is 252 g/mol. The van der Waals surface area contributed by atoms with E-state index in [0.717, 1.165) is 44.6 Å². The van der Waals surface area contributed by atoms with Crippen LogP contribution in [0.1, 0.15) is 58.3 Å². The first-order valence-electron chi connectivity index (χ1n) is 8.11. The summed E-state index contributed by atoms with van der Waals surface area (Å²) in [6.07, 6.45) is 8.36. The molecule has 2 fully saturated rings. The molecule has 2 amide bonds. The smallest absolute Gasteiger partial charge is 0.242 e. The highest BCUT2D eigenvalue weighted by Crippen LogP contribution is 2.26. The van der Waals surface area contributed by atoms with Gasteiger partial charge >= 0.3 is 0 Å². The molecule has 1 saturated carbocycles. The number of amides is 2. The molecule has 1 saturated heterocycles. The van der Waals surface area contributed by atoms with Gasteiger partial charge in [0.1, 0.15) is 0 Å². The van der Waals surface area contributed by atoms with E-state index in [9.17, 15) is 9.59 Å². The van der Waals surface area contributed by atoms with Gasteiger partial charge in [-0.3, -0.25) is 9.59 Å². The maximum Gasteiger partial charge on any atom is 0.242 e. The molecule has 0 radical (unpaired) electrons. The van der Waals surface area contributed by atoms with Gasteiger partial charge in [-0.1, -0.05) is 13.3 Å². The van der Waals surface area contributed by atoms with Crippen LogP contribution in [0.15, 0.2) is 0 Å². The first kappa shape index (κ1) is 15.3. The molecule has 4 nitrogen and oxygen atoms in total. The molecule has 0 aromatic carbocycles. The van der Waals surface area contributed by atoms with Crippen LogP contribution in [0.25, 0.3) is 0 Å². The van der Waals surface area contributed by atoms with E-state index in [0.29, 0.717) is 12.5 Å². The average Bonchev–Trinajstić information content (AvgIpc) is 2.64. The quantitative estimate of drug-likeness (QED) is 0.796. The Bertz CT molecular complexity index is 348. The van der Waals surface area contributed by atoms with E-state index in [4.69, 9.17) is 0 Å². The molecule has 0 unspecified atom stereocenters. The maximum absolute atomic E-state index is 12.4. The van der Waals surface area contributed by atoms with Crippen LogP contribution in [0.5, 0.6) is 0 Å². The van der Waals surface area contributed by atoms with Crippen molar-refractivity contribution in [3.63, 3.8) is 0 Å². The van der Waals surface area contributed by atoms with Crippen LogP contribution in [-0.2, 0) is 9.59 Å². The fraction of sp³-hybridized carbons (Fsp3) is 0.875. The van der Waals surface area contributed by atoms with Gasteiger partial charge in [-0.15, -0.1) is 0 Å². The third kappa shape index (κ3) is 3.97. The molecule has 1 heterocycles. The number of nitrogens with zero attached hydrogens (tertiary/aromatic N) is 2. The van der Waals surface area contributed by atoms with Gasteiger partial charge in [0.15, 0.2) is 0 Å². The number of likely N-dealkylation sites (tertiary alicyclic amines) is 1. The summed E-state index contributed by atoms with van der Waals surface area (Å²) < 4.78 is 0. The Kier molecular flexibility index (Phi) is 5.44. The molecule has 114 valence electrons. The molecule has 0 bridgehead atoms. The Hall–Kier alpha value is -1.06. The minimum Gasteiger partial charge on any atom is -0.341 e. The topological polar surface area (TPSA) is 40.6 Å². The zero-order chi connectivity index (χ0) is 14.5. The fourth-order valence-electron chi connectivity index (χ4n) is 3.31. The SMILES string of the molecule is CC1CCC(N(C)C(=O)CN2CCCCCC2=O)CC1. The third-order valence-corrected chi connectivity index (χ3v) is 4.92. The van der Waals surface area contributed by atoms with Gasteiger partial charge in [0.25, 0.3) is 0 Å². The molecule has 0 N–H and O–H groups in total. The van der Waals surface area contributed by atoms with Crippen LogP contribution >= 0.6 is 0 Å². The summed E-state index contributed by atoms with van der Waals surface area (Å²) in [5, 5.41) is 0. The fourth-order valence-corrected chi connectivity index (χ4v) is 3.31.